The molecule has 0 radical (unpaired) electrons. The van der Waals surface area contributed by atoms with E-state index in [9.17, 15) is 18.0 Å². The molecule has 0 atom stereocenters. The molecule has 1 amide bonds. The number of hydrogen-bond donors (Lipinski definition) is 1. The second kappa shape index (κ2) is 9.40. The number of nitrogens with zero attached hydrogens (tertiary/aromatic N) is 3. The van der Waals surface area contributed by atoms with Gasteiger partial charge in [0.15, 0.2) is 5.03 Å². The Morgan fingerprint density at radius 2 is 2.00 bits per heavy atom. The molecule has 0 bridgehead atoms. The Morgan fingerprint density at radius 3 is 2.70 bits per heavy atom. The summed E-state index contributed by atoms with van der Waals surface area (Å²) in [6, 6.07) is 6.42. The summed E-state index contributed by atoms with van der Waals surface area (Å²) in [6.07, 6.45) is 4.34. The van der Waals surface area contributed by atoms with Crippen LogP contribution in [0, 0.1) is 5.92 Å². The molecular weight excluding hydrogens is 408 g/mol. The zero-order chi connectivity index (χ0) is 21.7. The van der Waals surface area contributed by atoms with Crippen molar-refractivity contribution in [2.24, 2.45) is 5.92 Å². The lowest BCUT2D eigenvalue weighted by Crippen LogP contribution is -2.38. The lowest BCUT2D eigenvalue weighted by atomic mass is 10.0. The fraction of sp³-hybridized carbons (Fsp3) is 0.450. The molecule has 1 aliphatic rings. The van der Waals surface area contributed by atoms with Crippen LogP contribution in [0.3, 0.4) is 0 Å². The minimum Gasteiger partial charge on any atom is -0.462 e. The van der Waals surface area contributed by atoms with Crippen molar-refractivity contribution < 1.29 is 22.7 Å². The molecule has 162 valence electrons. The molecule has 2 aromatic rings. The number of rotatable bonds is 7. The number of esters is 1. The van der Waals surface area contributed by atoms with Crippen LogP contribution < -0.4 is 5.32 Å². The molecule has 1 fully saturated rings. The van der Waals surface area contributed by atoms with Crippen molar-refractivity contribution in [2.45, 2.75) is 38.3 Å². The minimum absolute atomic E-state index is 0.0610. The number of ether oxygens (including phenoxy) is 1. The first kappa shape index (κ1) is 22.0. The molecule has 0 saturated carbocycles. The topological polar surface area (TPSA) is 111 Å². The van der Waals surface area contributed by atoms with E-state index in [4.69, 9.17) is 4.74 Å². The van der Waals surface area contributed by atoms with Crippen molar-refractivity contribution in [3.63, 3.8) is 0 Å². The number of aromatic nitrogens is 2. The highest BCUT2D eigenvalue weighted by Crippen LogP contribution is 2.22. The van der Waals surface area contributed by atoms with Crippen LogP contribution in [0.15, 0.2) is 41.8 Å². The number of carbonyl (C=O) groups excluding carboxylic acids is 2. The number of piperidine rings is 1. The van der Waals surface area contributed by atoms with Gasteiger partial charge < -0.3 is 14.6 Å². The number of hydrogen-bond acceptors (Lipinski definition) is 6. The van der Waals surface area contributed by atoms with Crippen LogP contribution in [0.2, 0.25) is 0 Å². The summed E-state index contributed by atoms with van der Waals surface area (Å²) in [4.78, 5) is 28.2. The Hall–Kier alpha value is -2.72. The third-order valence-electron chi connectivity index (χ3n) is 4.94. The van der Waals surface area contributed by atoms with Gasteiger partial charge in [0.2, 0.25) is 5.91 Å². The third-order valence-corrected chi connectivity index (χ3v) is 6.72. The smallest absolute Gasteiger partial charge is 0.338 e. The van der Waals surface area contributed by atoms with Gasteiger partial charge in [-0.1, -0.05) is 13.0 Å². The predicted octanol–water partition coefficient (Wildman–Crippen LogP) is 2.12. The van der Waals surface area contributed by atoms with Crippen molar-refractivity contribution in [2.75, 3.05) is 25.0 Å². The van der Waals surface area contributed by atoms with Crippen molar-refractivity contribution in [3.8, 4) is 0 Å². The maximum Gasteiger partial charge on any atom is 0.338 e. The molecule has 1 aliphatic heterocycles. The SMILES string of the molecule is CCOC(=O)c1cccc(NC(=O)Cn2cnc(S(=O)(=O)N3CCC(C)CC3)c2)c1. The lowest BCUT2D eigenvalue weighted by Gasteiger charge is -2.28. The number of imidazole rings is 1. The first-order chi connectivity index (χ1) is 14.3. The summed E-state index contributed by atoms with van der Waals surface area (Å²) < 4.78 is 33.3. The predicted molar refractivity (Wildman–Crippen MR) is 110 cm³/mol. The summed E-state index contributed by atoms with van der Waals surface area (Å²) in [5.41, 5.74) is 0.780. The Bertz CT molecular complexity index is 1010. The molecule has 10 heteroatoms. The monoisotopic (exact) mass is 434 g/mol. The van der Waals surface area contributed by atoms with Crippen LogP contribution in [0.4, 0.5) is 5.69 Å². The highest BCUT2D eigenvalue weighted by Gasteiger charge is 2.29. The number of nitrogens with one attached hydrogen (secondary N) is 1. The summed E-state index contributed by atoms with van der Waals surface area (Å²) in [6.45, 7) is 4.94. The van der Waals surface area contributed by atoms with Crippen LogP contribution in [0.25, 0.3) is 0 Å². The molecule has 3 rings (SSSR count). The van der Waals surface area contributed by atoms with Gasteiger partial charge >= 0.3 is 5.97 Å². The zero-order valence-electron chi connectivity index (χ0n) is 17.1. The van der Waals surface area contributed by atoms with E-state index < -0.39 is 16.0 Å². The highest BCUT2D eigenvalue weighted by atomic mass is 32.2. The van der Waals surface area contributed by atoms with Gasteiger partial charge in [-0.2, -0.15) is 4.31 Å². The van der Waals surface area contributed by atoms with Crippen LogP contribution in [0.5, 0.6) is 0 Å². The van der Waals surface area contributed by atoms with Gasteiger partial charge in [0.05, 0.1) is 18.5 Å². The van der Waals surface area contributed by atoms with Crippen molar-refractivity contribution >= 4 is 27.6 Å². The van der Waals surface area contributed by atoms with E-state index in [0.717, 1.165) is 12.8 Å². The van der Waals surface area contributed by atoms with Gasteiger partial charge in [0.1, 0.15) is 6.54 Å². The number of amides is 1. The quantitative estimate of drug-likeness (QED) is 0.669. The first-order valence-corrected chi connectivity index (χ1v) is 11.3. The zero-order valence-corrected chi connectivity index (χ0v) is 17.9. The van der Waals surface area contributed by atoms with E-state index >= 15 is 0 Å². The van der Waals surface area contributed by atoms with Gasteiger partial charge in [-0.15, -0.1) is 0 Å². The molecule has 1 saturated heterocycles. The van der Waals surface area contributed by atoms with E-state index in [0.29, 0.717) is 30.3 Å². The van der Waals surface area contributed by atoms with Gasteiger partial charge in [0.25, 0.3) is 10.0 Å². The molecule has 9 nitrogen and oxygen atoms in total. The Morgan fingerprint density at radius 1 is 1.27 bits per heavy atom. The van der Waals surface area contributed by atoms with Crippen LogP contribution in [-0.4, -0.2) is 53.8 Å². The first-order valence-electron chi connectivity index (χ1n) is 9.88. The number of sulfonamides is 1. The Labute approximate surface area is 176 Å². The van der Waals surface area contributed by atoms with Crippen molar-refractivity contribution in [1.29, 1.82) is 0 Å². The molecule has 30 heavy (non-hydrogen) atoms. The summed E-state index contributed by atoms with van der Waals surface area (Å²) in [7, 11) is -3.66. The number of carbonyl (C=O) groups is 2. The minimum atomic E-state index is -3.66. The van der Waals surface area contributed by atoms with Crippen molar-refractivity contribution in [3.05, 3.63) is 42.4 Å². The standard InChI is InChI=1S/C20H26N4O5S/c1-3-29-20(26)16-5-4-6-17(11-16)22-18(25)12-23-13-19(21-14-23)30(27,28)24-9-7-15(2)8-10-24/h4-6,11,13-15H,3,7-10,12H2,1-2H3,(H,22,25). The van der Waals surface area contributed by atoms with E-state index in [1.54, 1.807) is 25.1 Å². The second-order valence-electron chi connectivity index (χ2n) is 7.32. The Kier molecular flexibility index (Phi) is 6.88. The molecule has 0 aliphatic carbocycles. The molecule has 0 spiro atoms. The summed E-state index contributed by atoms with van der Waals surface area (Å²) in [5.74, 6) is -0.325. The lowest BCUT2D eigenvalue weighted by molar-refractivity contribution is -0.116. The van der Waals surface area contributed by atoms with E-state index in [2.05, 4.69) is 17.2 Å². The maximum absolute atomic E-state index is 12.7. The van der Waals surface area contributed by atoms with Crippen LogP contribution in [-0.2, 0) is 26.1 Å². The van der Waals surface area contributed by atoms with Crippen LogP contribution >= 0.6 is 0 Å². The molecule has 2 heterocycles. The van der Waals surface area contributed by atoms with Gasteiger partial charge in [0, 0.05) is 25.0 Å². The molecule has 1 aromatic heterocycles. The number of anilines is 1. The average Bonchev–Trinajstić information content (AvgIpc) is 3.18. The maximum atomic E-state index is 12.7. The highest BCUT2D eigenvalue weighted by molar-refractivity contribution is 7.89. The second-order valence-corrected chi connectivity index (χ2v) is 9.21. The van der Waals surface area contributed by atoms with Crippen LogP contribution in [0.1, 0.15) is 37.0 Å². The van der Waals surface area contributed by atoms with Gasteiger partial charge in [-0.25, -0.2) is 18.2 Å². The van der Waals surface area contributed by atoms with E-state index in [1.165, 1.54) is 27.5 Å². The summed E-state index contributed by atoms with van der Waals surface area (Å²) >= 11 is 0. The van der Waals surface area contributed by atoms with E-state index in [-0.39, 0.29) is 24.1 Å². The Balaban J connectivity index is 1.63. The largest absolute Gasteiger partial charge is 0.462 e. The average molecular weight is 435 g/mol. The number of benzene rings is 1. The molecule has 1 N–H and O–H groups in total. The molecule has 0 unspecified atom stereocenters. The van der Waals surface area contributed by atoms with E-state index in [1.807, 2.05) is 0 Å². The van der Waals surface area contributed by atoms with Crippen molar-refractivity contribution in [1.82, 2.24) is 13.9 Å². The third kappa shape index (κ3) is 5.25. The normalized spacial score (nSPS) is 15.7. The summed E-state index contributed by atoms with van der Waals surface area (Å²) in [5, 5.41) is 2.63. The fourth-order valence-corrected chi connectivity index (χ4v) is 4.63. The molecular formula is C20H26N4O5S. The van der Waals surface area contributed by atoms with Gasteiger partial charge in [-0.05, 0) is 43.9 Å². The van der Waals surface area contributed by atoms with Gasteiger partial charge in [-0.3, -0.25) is 4.79 Å². The molecule has 1 aromatic carbocycles. The fourth-order valence-electron chi connectivity index (χ4n) is 3.22.